The number of rotatable bonds is 5. The number of amides is 1. The van der Waals surface area contributed by atoms with Crippen molar-refractivity contribution in [2.45, 2.75) is 104 Å². The van der Waals surface area contributed by atoms with E-state index in [4.69, 9.17) is 14.0 Å². The molecule has 9 heteroatoms. The van der Waals surface area contributed by atoms with Gasteiger partial charge in [-0.1, -0.05) is 45.2 Å². The highest BCUT2D eigenvalue weighted by atomic mass is 16.5. The average molecular weight is 489 g/mol. The predicted molar refractivity (Wildman–Crippen MR) is 133 cm³/mol. The predicted octanol–water partition coefficient (Wildman–Crippen LogP) is 4.83. The molecule has 2 fully saturated rings. The molecule has 0 bridgehead atoms. The van der Waals surface area contributed by atoms with Crippen LogP contribution in [0.3, 0.4) is 0 Å². The standard InChI is InChI=1S/C26H40N4O5/c1-15-21(28-35-23(15)19-13-18(33-7)14-20(34-19)26(3,4)5)24(31)27-22-16(2)29(6)30(25(22)32)17-11-9-8-10-12-17/h17-20H,8-14H2,1-7H3,(H,27,31)/t18-,19+,20-/m0/s1. The van der Waals surface area contributed by atoms with Gasteiger partial charge in [0, 0.05) is 32.6 Å². The van der Waals surface area contributed by atoms with Crippen LogP contribution < -0.4 is 10.9 Å². The molecule has 2 aliphatic rings. The second-order valence-corrected chi connectivity index (χ2v) is 11.2. The van der Waals surface area contributed by atoms with Gasteiger partial charge in [-0.2, -0.15) is 0 Å². The molecule has 0 radical (unpaired) electrons. The van der Waals surface area contributed by atoms with E-state index in [1.54, 1.807) is 11.8 Å². The summed E-state index contributed by atoms with van der Waals surface area (Å²) in [6.45, 7) is 10.1. The van der Waals surface area contributed by atoms with Crippen LogP contribution in [0.25, 0.3) is 0 Å². The zero-order valence-electron chi connectivity index (χ0n) is 22.1. The summed E-state index contributed by atoms with van der Waals surface area (Å²) in [5.74, 6) is 0.0844. The van der Waals surface area contributed by atoms with Gasteiger partial charge in [0.1, 0.15) is 11.8 Å². The normalized spacial score (nSPS) is 24.0. The molecule has 3 atom stereocenters. The van der Waals surface area contributed by atoms with Crippen molar-refractivity contribution in [3.8, 4) is 0 Å². The number of carbonyl (C=O) groups excluding carboxylic acids is 1. The molecular weight excluding hydrogens is 448 g/mol. The molecule has 2 aromatic rings. The Balaban J connectivity index is 1.57. The van der Waals surface area contributed by atoms with Gasteiger partial charge in [-0.15, -0.1) is 0 Å². The monoisotopic (exact) mass is 488 g/mol. The van der Waals surface area contributed by atoms with Crippen LogP contribution in [0.4, 0.5) is 5.69 Å². The SMILES string of the molecule is CO[C@@H]1C[C@@H](C(C)(C)C)O[C@@H](c2onc(C(=O)Nc3c(C)n(C)n(C4CCCCC4)c3=O)c2C)C1. The Labute approximate surface area is 207 Å². The first-order valence-electron chi connectivity index (χ1n) is 12.8. The molecule has 1 aliphatic heterocycles. The lowest BCUT2D eigenvalue weighted by Crippen LogP contribution is -2.40. The fourth-order valence-electron chi connectivity index (χ4n) is 5.44. The lowest BCUT2D eigenvalue weighted by Gasteiger charge is -2.40. The summed E-state index contributed by atoms with van der Waals surface area (Å²) in [5.41, 5.74) is 1.58. The largest absolute Gasteiger partial charge is 0.381 e. The zero-order chi connectivity index (χ0) is 25.5. The van der Waals surface area contributed by atoms with Crippen molar-refractivity contribution in [2.24, 2.45) is 12.5 Å². The van der Waals surface area contributed by atoms with E-state index in [0.29, 0.717) is 23.4 Å². The molecule has 0 unspecified atom stereocenters. The van der Waals surface area contributed by atoms with E-state index >= 15 is 0 Å². The Bertz CT molecular complexity index is 1120. The number of anilines is 1. The van der Waals surface area contributed by atoms with Crippen molar-refractivity contribution >= 4 is 11.6 Å². The fourth-order valence-corrected chi connectivity index (χ4v) is 5.44. The molecule has 1 amide bonds. The van der Waals surface area contributed by atoms with Crippen LogP contribution in [0, 0.1) is 19.3 Å². The molecule has 0 spiro atoms. The highest BCUT2D eigenvalue weighted by Crippen LogP contribution is 2.40. The minimum atomic E-state index is -0.453. The Hall–Kier alpha value is -2.39. The third-order valence-electron chi connectivity index (χ3n) is 7.80. The van der Waals surface area contributed by atoms with Crippen LogP contribution in [0.5, 0.6) is 0 Å². The molecule has 2 aromatic heterocycles. The summed E-state index contributed by atoms with van der Waals surface area (Å²) in [4.78, 5) is 26.5. The number of ether oxygens (including phenoxy) is 2. The molecule has 4 rings (SSSR count). The van der Waals surface area contributed by atoms with Crippen LogP contribution in [0.15, 0.2) is 9.32 Å². The first-order valence-corrected chi connectivity index (χ1v) is 12.8. The third-order valence-corrected chi connectivity index (χ3v) is 7.80. The van der Waals surface area contributed by atoms with Gasteiger partial charge >= 0.3 is 0 Å². The summed E-state index contributed by atoms with van der Waals surface area (Å²) >= 11 is 0. The van der Waals surface area contributed by atoms with Crippen molar-refractivity contribution in [1.82, 2.24) is 14.5 Å². The summed E-state index contributed by atoms with van der Waals surface area (Å²) in [5, 5.41) is 6.90. The first-order chi connectivity index (χ1) is 16.5. The maximum absolute atomic E-state index is 13.3. The first kappa shape index (κ1) is 25.7. The van der Waals surface area contributed by atoms with Gasteiger partial charge in [0.05, 0.1) is 23.9 Å². The molecule has 194 valence electrons. The molecule has 1 N–H and O–H groups in total. The highest BCUT2D eigenvalue weighted by Gasteiger charge is 2.39. The van der Waals surface area contributed by atoms with Gasteiger partial charge in [-0.05, 0) is 32.1 Å². The van der Waals surface area contributed by atoms with Gasteiger partial charge < -0.3 is 19.3 Å². The van der Waals surface area contributed by atoms with Gasteiger partial charge in [-0.25, -0.2) is 4.68 Å². The molecule has 0 aromatic carbocycles. The lowest BCUT2D eigenvalue weighted by atomic mass is 9.82. The highest BCUT2D eigenvalue weighted by molar-refractivity contribution is 6.04. The van der Waals surface area contributed by atoms with Crippen molar-refractivity contribution in [1.29, 1.82) is 0 Å². The number of aromatic nitrogens is 3. The van der Waals surface area contributed by atoms with Crippen molar-refractivity contribution < 1.29 is 18.8 Å². The Morgan fingerprint density at radius 2 is 1.83 bits per heavy atom. The van der Waals surface area contributed by atoms with E-state index in [1.807, 2.05) is 25.6 Å². The smallest absolute Gasteiger partial charge is 0.291 e. The van der Waals surface area contributed by atoms with Crippen LogP contribution in [-0.4, -0.2) is 39.7 Å². The summed E-state index contributed by atoms with van der Waals surface area (Å²) < 4.78 is 21.4. The van der Waals surface area contributed by atoms with Gasteiger partial charge in [0.2, 0.25) is 0 Å². The van der Waals surface area contributed by atoms with E-state index in [1.165, 1.54) is 6.42 Å². The molecular formula is C26H40N4O5. The Morgan fingerprint density at radius 1 is 1.14 bits per heavy atom. The minimum Gasteiger partial charge on any atom is -0.381 e. The van der Waals surface area contributed by atoms with Crippen molar-refractivity contribution in [3.05, 3.63) is 33.1 Å². The number of nitrogens with one attached hydrogen (secondary N) is 1. The quantitative estimate of drug-likeness (QED) is 0.647. The molecule has 35 heavy (non-hydrogen) atoms. The lowest BCUT2D eigenvalue weighted by molar-refractivity contribution is -0.150. The zero-order valence-corrected chi connectivity index (χ0v) is 22.1. The van der Waals surface area contributed by atoms with Crippen LogP contribution in [-0.2, 0) is 16.5 Å². The summed E-state index contributed by atoms with van der Waals surface area (Å²) in [6.07, 6.45) is 6.50. The molecule has 9 nitrogen and oxygen atoms in total. The molecule has 1 saturated heterocycles. The van der Waals surface area contributed by atoms with Crippen LogP contribution >= 0.6 is 0 Å². The fraction of sp³-hybridized carbons (Fsp3) is 0.731. The van der Waals surface area contributed by atoms with Crippen LogP contribution in [0.1, 0.15) is 105 Å². The number of carbonyl (C=O) groups is 1. The molecule has 1 saturated carbocycles. The van der Waals surface area contributed by atoms with Crippen molar-refractivity contribution in [3.63, 3.8) is 0 Å². The molecule has 3 heterocycles. The summed E-state index contributed by atoms with van der Waals surface area (Å²) in [6, 6.07) is 0.166. The van der Waals surface area contributed by atoms with Gasteiger partial charge in [0.15, 0.2) is 11.5 Å². The van der Waals surface area contributed by atoms with Crippen molar-refractivity contribution in [2.75, 3.05) is 12.4 Å². The van der Waals surface area contributed by atoms with Crippen LogP contribution in [0.2, 0.25) is 0 Å². The third kappa shape index (κ3) is 4.98. The van der Waals surface area contributed by atoms with E-state index in [2.05, 4.69) is 31.2 Å². The van der Waals surface area contributed by atoms with E-state index in [0.717, 1.165) is 37.8 Å². The van der Waals surface area contributed by atoms with Gasteiger partial charge in [0.25, 0.3) is 11.5 Å². The van der Waals surface area contributed by atoms with Gasteiger partial charge in [-0.3, -0.25) is 14.3 Å². The molecule has 1 aliphatic carbocycles. The topological polar surface area (TPSA) is 101 Å². The number of methoxy groups -OCH3 is 1. The second kappa shape index (κ2) is 9.93. The number of hydrogen-bond donors (Lipinski definition) is 1. The number of nitrogens with zero attached hydrogens (tertiary/aromatic N) is 3. The average Bonchev–Trinajstić information content (AvgIpc) is 3.31. The Kier molecular flexibility index (Phi) is 7.29. The second-order valence-electron chi connectivity index (χ2n) is 11.2. The van der Waals surface area contributed by atoms with E-state index < -0.39 is 5.91 Å². The minimum absolute atomic E-state index is 0.0156. The Morgan fingerprint density at radius 3 is 2.46 bits per heavy atom. The summed E-state index contributed by atoms with van der Waals surface area (Å²) in [7, 11) is 3.58. The van der Waals surface area contributed by atoms with E-state index in [9.17, 15) is 9.59 Å². The maximum atomic E-state index is 13.3. The van der Waals surface area contributed by atoms with E-state index in [-0.39, 0.29) is 41.0 Å². The number of hydrogen-bond acceptors (Lipinski definition) is 6. The maximum Gasteiger partial charge on any atom is 0.291 e.